The van der Waals surface area contributed by atoms with Crippen LogP contribution in [0.25, 0.3) is 6.08 Å². The number of benzene rings is 2. The van der Waals surface area contributed by atoms with Gasteiger partial charge in [-0.1, -0.05) is 6.07 Å². The second kappa shape index (κ2) is 7.01. The number of phenolic OH excluding ortho intramolecular Hbond substituents is 1. The lowest BCUT2D eigenvalue weighted by atomic mass is 10.0. The molecule has 2 aromatic carbocycles. The molecule has 1 amide bonds. The third-order valence-electron chi connectivity index (χ3n) is 3.67. The molecule has 0 unspecified atom stereocenters. The van der Waals surface area contributed by atoms with Gasteiger partial charge in [0, 0.05) is 5.69 Å². The Bertz CT molecular complexity index is 830. The summed E-state index contributed by atoms with van der Waals surface area (Å²) in [5.74, 6) is -0.226. The molecule has 0 aromatic heterocycles. The van der Waals surface area contributed by atoms with Gasteiger partial charge in [0.1, 0.15) is 17.4 Å². The number of aryl methyl sites for hydroxylation is 4. The summed E-state index contributed by atoms with van der Waals surface area (Å²) in [7, 11) is 0. The van der Waals surface area contributed by atoms with Crippen molar-refractivity contribution in [1.29, 1.82) is 5.26 Å². The summed E-state index contributed by atoms with van der Waals surface area (Å²) < 4.78 is 0. The van der Waals surface area contributed by atoms with Gasteiger partial charge in [0.15, 0.2) is 0 Å². The van der Waals surface area contributed by atoms with Gasteiger partial charge < -0.3 is 10.4 Å². The Morgan fingerprint density at radius 2 is 1.58 bits per heavy atom. The molecule has 24 heavy (non-hydrogen) atoms. The Morgan fingerprint density at radius 1 is 1.04 bits per heavy atom. The molecule has 0 aliphatic carbocycles. The van der Waals surface area contributed by atoms with Crippen molar-refractivity contribution in [1.82, 2.24) is 0 Å². The van der Waals surface area contributed by atoms with Crippen LogP contribution in [0.15, 0.2) is 35.9 Å². The number of rotatable bonds is 3. The van der Waals surface area contributed by atoms with E-state index in [2.05, 4.69) is 5.32 Å². The number of anilines is 1. The first-order valence-electron chi connectivity index (χ1n) is 7.62. The highest BCUT2D eigenvalue weighted by Crippen LogP contribution is 2.24. The summed E-state index contributed by atoms with van der Waals surface area (Å²) in [6, 6.07) is 11.1. The molecule has 0 heterocycles. The molecule has 122 valence electrons. The van der Waals surface area contributed by atoms with Crippen molar-refractivity contribution in [2.75, 3.05) is 5.32 Å². The van der Waals surface area contributed by atoms with E-state index >= 15 is 0 Å². The molecule has 2 aromatic rings. The van der Waals surface area contributed by atoms with Crippen LogP contribution in [0.3, 0.4) is 0 Å². The molecular formula is C20H20N2O2. The predicted molar refractivity (Wildman–Crippen MR) is 95.7 cm³/mol. The van der Waals surface area contributed by atoms with Gasteiger partial charge in [0.05, 0.1) is 0 Å². The van der Waals surface area contributed by atoms with Crippen LogP contribution >= 0.6 is 0 Å². The average Bonchev–Trinajstić information content (AvgIpc) is 2.48. The van der Waals surface area contributed by atoms with E-state index in [0.29, 0.717) is 22.4 Å². The number of carbonyl (C=O) groups excluding carboxylic acids is 1. The topological polar surface area (TPSA) is 73.1 Å². The average molecular weight is 320 g/mol. The monoisotopic (exact) mass is 320 g/mol. The number of hydrogen-bond acceptors (Lipinski definition) is 3. The molecule has 0 saturated carbocycles. The molecular weight excluding hydrogens is 300 g/mol. The Kier molecular flexibility index (Phi) is 5.05. The van der Waals surface area contributed by atoms with Gasteiger partial charge in [0.2, 0.25) is 0 Å². The van der Waals surface area contributed by atoms with Gasteiger partial charge in [-0.05, 0) is 85.9 Å². The van der Waals surface area contributed by atoms with Gasteiger partial charge in [0.25, 0.3) is 5.91 Å². The van der Waals surface area contributed by atoms with E-state index in [-0.39, 0.29) is 11.3 Å². The third kappa shape index (κ3) is 4.02. The molecule has 0 aliphatic heterocycles. The van der Waals surface area contributed by atoms with Crippen molar-refractivity contribution in [2.24, 2.45) is 0 Å². The minimum Gasteiger partial charge on any atom is -0.507 e. The van der Waals surface area contributed by atoms with E-state index in [1.165, 1.54) is 6.08 Å². The molecule has 2 N–H and O–H groups in total. The van der Waals surface area contributed by atoms with Crippen molar-refractivity contribution in [3.63, 3.8) is 0 Å². The zero-order valence-corrected chi connectivity index (χ0v) is 14.3. The molecule has 0 radical (unpaired) electrons. The maximum Gasteiger partial charge on any atom is 0.266 e. The first kappa shape index (κ1) is 17.3. The first-order chi connectivity index (χ1) is 11.3. The molecule has 0 spiro atoms. The second-order valence-corrected chi connectivity index (χ2v) is 6.00. The summed E-state index contributed by atoms with van der Waals surface area (Å²) in [5, 5.41) is 21.9. The zero-order valence-electron chi connectivity index (χ0n) is 14.3. The number of nitrogens with zero attached hydrogens (tertiary/aromatic N) is 1. The standard InChI is InChI=1S/C20H20N2O2/c1-12-5-13(2)7-18(6-12)22-20(24)17(11-21)10-16-8-14(3)19(23)15(4)9-16/h5-10,23H,1-4H3,(H,22,24). The SMILES string of the molecule is Cc1cc(C)cc(NC(=O)C(C#N)=Cc2cc(C)c(O)c(C)c2)c1. The predicted octanol–water partition coefficient (Wildman–Crippen LogP) is 4.17. The van der Waals surface area contributed by atoms with Crippen LogP contribution in [-0.4, -0.2) is 11.0 Å². The van der Waals surface area contributed by atoms with E-state index in [4.69, 9.17) is 0 Å². The zero-order chi connectivity index (χ0) is 17.9. The normalized spacial score (nSPS) is 11.0. The van der Waals surface area contributed by atoms with Gasteiger partial charge in [-0.2, -0.15) is 5.26 Å². The highest BCUT2D eigenvalue weighted by Gasteiger charge is 2.11. The molecule has 0 saturated heterocycles. The van der Waals surface area contributed by atoms with E-state index in [0.717, 1.165) is 11.1 Å². The summed E-state index contributed by atoms with van der Waals surface area (Å²) in [5.41, 5.74) is 4.86. The Balaban J connectivity index is 2.30. The summed E-state index contributed by atoms with van der Waals surface area (Å²) >= 11 is 0. The fourth-order valence-electron chi connectivity index (χ4n) is 2.63. The van der Waals surface area contributed by atoms with Gasteiger partial charge in [-0.25, -0.2) is 0 Å². The minimum absolute atomic E-state index is 0.0126. The van der Waals surface area contributed by atoms with Crippen molar-refractivity contribution >= 4 is 17.7 Å². The second-order valence-electron chi connectivity index (χ2n) is 6.00. The smallest absolute Gasteiger partial charge is 0.266 e. The first-order valence-corrected chi connectivity index (χ1v) is 7.62. The fourth-order valence-corrected chi connectivity index (χ4v) is 2.63. The van der Waals surface area contributed by atoms with E-state index in [1.807, 2.05) is 38.1 Å². The molecule has 0 aliphatic rings. The number of nitriles is 1. The number of aromatic hydroxyl groups is 1. The Hall–Kier alpha value is -3.06. The van der Waals surface area contributed by atoms with Crippen molar-refractivity contribution in [2.45, 2.75) is 27.7 Å². The van der Waals surface area contributed by atoms with Gasteiger partial charge in [-0.3, -0.25) is 4.79 Å². The van der Waals surface area contributed by atoms with E-state index < -0.39 is 5.91 Å². The molecule has 2 rings (SSSR count). The molecule has 4 heteroatoms. The molecule has 4 nitrogen and oxygen atoms in total. The molecule has 0 bridgehead atoms. The van der Waals surface area contributed by atoms with Crippen molar-refractivity contribution in [3.05, 3.63) is 63.7 Å². The van der Waals surface area contributed by atoms with E-state index in [9.17, 15) is 15.2 Å². The van der Waals surface area contributed by atoms with Crippen molar-refractivity contribution < 1.29 is 9.90 Å². The number of amides is 1. The summed E-state index contributed by atoms with van der Waals surface area (Å²) in [4.78, 5) is 12.4. The number of hydrogen-bond donors (Lipinski definition) is 2. The maximum absolute atomic E-state index is 12.4. The largest absolute Gasteiger partial charge is 0.507 e. The van der Waals surface area contributed by atoms with Crippen molar-refractivity contribution in [3.8, 4) is 11.8 Å². The van der Waals surface area contributed by atoms with Crippen LogP contribution in [0.2, 0.25) is 0 Å². The van der Waals surface area contributed by atoms with Crippen LogP contribution in [0.1, 0.15) is 27.8 Å². The number of phenols is 1. The lowest BCUT2D eigenvalue weighted by Crippen LogP contribution is -2.13. The Labute approximate surface area is 142 Å². The van der Waals surface area contributed by atoms with Crippen LogP contribution in [-0.2, 0) is 4.79 Å². The van der Waals surface area contributed by atoms with E-state index in [1.54, 1.807) is 26.0 Å². The highest BCUT2D eigenvalue weighted by atomic mass is 16.3. The number of carbonyl (C=O) groups is 1. The fraction of sp³-hybridized carbons (Fsp3) is 0.200. The van der Waals surface area contributed by atoms with Crippen LogP contribution in [0.4, 0.5) is 5.69 Å². The van der Waals surface area contributed by atoms with Crippen LogP contribution in [0, 0.1) is 39.0 Å². The highest BCUT2D eigenvalue weighted by molar-refractivity contribution is 6.09. The lowest BCUT2D eigenvalue weighted by molar-refractivity contribution is -0.112. The molecule has 0 fully saturated rings. The quantitative estimate of drug-likeness (QED) is 0.658. The van der Waals surface area contributed by atoms with Gasteiger partial charge in [-0.15, -0.1) is 0 Å². The lowest BCUT2D eigenvalue weighted by Gasteiger charge is -2.08. The molecule has 0 atom stereocenters. The maximum atomic E-state index is 12.4. The number of nitrogens with one attached hydrogen (secondary N) is 1. The minimum atomic E-state index is -0.453. The van der Waals surface area contributed by atoms with Gasteiger partial charge >= 0.3 is 0 Å². The summed E-state index contributed by atoms with van der Waals surface area (Å²) in [6.07, 6.45) is 1.53. The third-order valence-corrected chi connectivity index (χ3v) is 3.67. The van der Waals surface area contributed by atoms with Crippen LogP contribution < -0.4 is 5.32 Å². The summed E-state index contributed by atoms with van der Waals surface area (Å²) in [6.45, 7) is 7.46. The van der Waals surface area contributed by atoms with Crippen LogP contribution in [0.5, 0.6) is 5.75 Å². The Morgan fingerprint density at radius 3 is 2.08 bits per heavy atom.